The number of hydrogen-bond donors (Lipinski definition) is 0. The molecule has 0 heterocycles. The minimum atomic E-state index is -4.02. The van der Waals surface area contributed by atoms with E-state index in [9.17, 15) is 18.5 Å². The topological polar surface area (TPSA) is 95.7 Å². The number of non-ortho nitro benzene ring substituents is 1. The Labute approximate surface area is 143 Å². The zero-order chi connectivity index (χ0) is 18.1. The number of rotatable bonds is 5. The SMILES string of the molecule is COc1ccc(Oc2c(C)cc([N+](=O)[O-])cc2C)cc1S(=O)(=O)Cl. The maximum atomic E-state index is 11.6. The molecular weight excluding hydrogens is 358 g/mol. The summed E-state index contributed by atoms with van der Waals surface area (Å²) in [7, 11) is 2.70. The largest absolute Gasteiger partial charge is 0.495 e. The fourth-order valence-corrected chi connectivity index (χ4v) is 3.23. The number of aryl methyl sites for hydroxylation is 2. The Morgan fingerprint density at radius 2 is 1.71 bits per heavy atom. The molecule has 0 spiro atoms. The van der Waals surface area contributed by atoms with E-state index in [0.29, 0.717) is 16.9 Å². The van der Waals surface area contributed by atoms with E-state index in [-0.39, 0.29) is 22.1 Å². The van der Waals surface area contributed by atoms with Gasteiger partial charge in [-0.25, -0.2) is 8.42 Å². The standard InChI is InChI=1S/C15H14ClNO6S/c1-9-6-11(17(18)19)7-10(2)15(9)23-12-4-5-13(22-3)14(8-12)24(16,20)21/h4-8H,1-3H3. The number of benzene rings is 2. The molecule has 0 radical (unpaired) electrons. The molecule has 0 unspecified atom stereocenters. The summed E-state index contributed by atoms with van der Waals surface area (Å²) in [4.78, 5) is 10.2. The van der Waals surface area contributed by atoms with Gasteiger partial charge in [-0.05, 0) is 37.1 Å². The Balaban J connectivity index is 2.48. The van der Waals surface area contributed by atoms with Crippen molar-refractivity contribution in [2.75, 3.05) is 7.11 Å². The van der Waals surface area contributed by atoms with Crippen LogP contribution in [0.1, 0.15) is 11.1 Å². The second kappa shape index (κ2) is 6.66. The number of nitro benzene ring substituents is 1. The summed E-state index contributed by atoms with van der Waals surface area (Å²) in [6.45, 7) is 3.33. The van der Waals surface area contributed by atoms with Crippen LogP contribution in [0.15, 0.2) is 35.2 Å². The number of nitrogens with zero attached hydrogens (tertiary/aromatic N) is 1. The summed E-state index contributed by atoms with van der Waals surface area (Å²) in [5.74, 6) is 0.716. The van der Waals surface area contributed by atoms with Crippen LogP contribution in [0.2, 0.25) is 0 Å². The van der Waals surface area contributed by atoms with Crippen LogP contribution in [-0.2, 0) is 9.05 Å². The second-order valence-electron chi connectivity index (χ2n) is 5.02. The van der Waals surface area contributed by atoms with Crippen molar-refractivity contribution in [1.82, 2.24) is 0 Å². The molecule has 0 aliphatic rings. The van der Waals surface area contributed by atoms with Crippen molar-refractivity contribution < 1.29 is 22.8 Å². The summed E-state index contributed by atoms with van der Waals surface area (Å²) in [6.07, 6.45) is 0. The molecule has 0 saturated heterocycles. The van der Waals surface area contributed by atoms with E-state index in [1.54, 1.807) is 13.8 Å². The first kappa shape index (κ1) is 18.0. The van der Waals surface area contributed by atoms with Crippen molar-refractivity contribution in [3.8, 4) is 17.2 Å². The highest BCUT2D eigenvalue weighted by Gasteiger charge is 2.19. The van der Waals surface area contributed by atoms with Crippen molar-refractivity contribution in [3.63, 3.8) is 0 Å². The molecule has 2 aromatic rings. The lowest BCUT2D eigenvalue weighted by Gasteiger charge is -2.13. The first-order valence-corrected chi connectivity index (χ1v) is 9.00. The summed E-state index contributed by atoms with van der Waals surface area (Å²) in [5.41, 5.74) is 1.05. The van der Waals surface area contributed by atoms with Crippen LogP contribution in [0.3, 0.4) is 0 Å². The molecular formula is C15H14ClNO6S. The number of halogens is 1. The van der Waals surface area contributed by atoms with Crippen LogP contribution >= 0.6 is 10.7 Å². The van der Waals surface area contributed by atoms with Crippen LogP contribution in [-0.4, -0.2) is 20.5 Å². The Bertz CT molecular complexity index is 887. The summed E-state index contributed by atoms with van der Waals surface area (Å²) in [5, 5.41) is 10.9. The highest BCUT2D eigenvalue weighted by molar-refractivity contribution is 8.13. The third kappa shape index (κ3) is 3.77. The lowest BCUT2D eigenvalue weighted by atomic mass is 10.1. The van der Waals surface area contributed by atoms with E-state index in [0.717, 1.165) is 0 Å². The van der Waals surface area contributed by atoms with Crippen molar-refractivity contribution in [1.29, 1.82) is 0 Å². The highest BCUT2D eigenvalue weighted by Crippen LogP contribution is 2.36. The zero-order valence-electron chi connectivity index (χ0n) is 13.1. The molecule has 9 heteroatoms. The van der Waals surface area contributed by atoms with Gasteiger partial charge in [-0.2, -0.15) is 0 Å². The van der Waals surface area contributed by atoms with Gasteiger partial charge >= 0.3 is 0 Å². The van der Waals surface area contributed by atoms with E-state index in [2.05, 4.69) is 0 Å². The van der Waals surface area contributed by atoms with E-state index in [1.807, 2.05) is 0 Å². The van der Waals surface area contributed by atoms with Gasteiger partial charge in [-0.15, -0.1) is 0 Å². The van der Waals surface area contributed by atoms with Gasteiger partial charge in [0.1, 0.15) is 22.1 Å². The summed E-state index contributed by atoms with van der Waals surface area (Å²) < 4.78 is 33.9. The van der Waals surface area contributed by atoms with Gasteiger partial charge in [-0.1, -0.05) is 0 Å². The van der Waals surface area contributed by atoms with Gasteiger partial charge in [0, 0.05) is 28.9 Å². The van der Waals surface area contributed by atoms with E-state index in [4.69, 9.17) is 20.2 Å². The molecule has 24 heavy (non-hydrogen) atoms. The van der Waals surface area contributed by atoms with E-state index < -0.39 is 14.0 Å². The Hall–Kier alpha value is -2.32. The first-order valence-electron chi connectivity index (χ1n) is 6.69. The predicted octanol–water partition coefficient (Wildman–Crippen LogP) is 3.94. The predicted molar refractivity (Wildman–Crippen MR) is 88.7 cm³/mol. The number of hydrogen-bond acceptors (Lipinski definition) is 6. The van der Waals surface area contributed by atoms with Crippen molar-refractivity contribution in [2.24, 2.45) is 0 Å². The smallest absolute Gasteiger partial charge is 0.270 e. The Morgan fingerprint density at radius 3 is 2.17 bits per heavy atom. The molecule has 0 atom stereocenters. The molecule has 0 N–H and O–H groups in total. The lowest BCUT2D eigenvalue weighted by Crippen LogP contribution is -1.98. The lowest BCUT2D eigenvalue weighted by molar-refractivity contribution is -0.385. The molecule has 0 saturated carbocycles. The number of nitro groups is 1. The normalized spacial score (nSPS) is 11.2. The minimum Gasteiger partial charge on any atom is -0.495 e. The highest BCUT2D eigenvalue weighted by atomic mass is 35.7. The van der Waals surface area contributed by atoms with Crippen LogP contribution in [0.4, 0.5) is 5.69 Å². The van der Waals surface area contributed by atoms with Crippen LogP contribution in [0.25, 0.3) is 0 Å². The fourth-order valence-electron chi connectivity index (χ4n) is 2.22. The van der Waals surface area contributed by atoms with Crippen molar-refractivity contribution in [3.05, 3.63) is 51.6 Å². The van der Waals surface area contributed by atoms with Gasteiger partial charge in [-0.3, -0.25) is 10.1 Å². The maximum absolute atomic E-state index is 11.6. The van der Waals surface area contributed by atoms with Gasteiger partial charge in [0.15, 0.2) is 0 Å². The first-order chi connectivity index (χ1) is 11.1. The number of ether oxygens (including phenoxy) is 2. The van der Waals surface area contributed by atoms with Crippen molar-refractivity contribution >= 4 is 25.4 Å². The molecule has 0 amide bonds. The molecule has 0 aliphatic heterocycles. The zero-order valence-corrected chi connectivity index (χ0v) is 14.6. The molecule has 7 nitrogen and oxygen atoms in total. The quantitative estimate of drug-likeness (QED) is 0.448. The van der Waals surface area contributed by atoms with Crippen LogP contribution in [0.5, 0.6) is 17.2 Å². The monoisotopic (exact) mass is 371 g/mol. The van der Waals surface area contributed by atoms with E-state index >= 15 is 0 Å². The van der Waals surface area contributed by atoms with E-state index in [1.165, 1.54) is 37.4 Å². The molecule has 128 valence electrons. The average molecular weight is 372 g/mol. The van der Waals surface area contributed by atoms with Crippen LogP contribution in [0, 0.1) is 24.0 Å². The molecule has 0 fully saturated rings. The Morgan fingerprint density at radius 1 is 1.12 bits per heavy atom. The maximum Gasteiger partial charge on any atom is 0.270 e. The summed E-state index contributed by atoms with van der Waals surface area (Å²) in [6, 6.07) is 6.93. The minimum absolute atomic E-state index is 0.0453. The fraction of sp³-hybridized carbons (Fsp3) is 0.200. The van der Waals surface area contributed by atoms with Gasteiger partial charge < -0.3 is 9.47 Å². The molecule has 0 aliphatic carbocycles. The van der Waals surface area contributed by atoms with Gasteiger partial charge in [0.2, 0.25) is 0 Å². The van der Waals surface area contributed by atoms with Gasteiger partial charge in [0.25, 0.3) is 14.7 Å². The molecule has 2 rings (SSSR count). The van der Waals surface area contributed by atoms with Gasteiger partial charge in [0.05, 0.1) is 12.0 Å². The Kier molecular flexibility index (Phi) is 5.00. The molecule has 0 aromatic heterocycles. The van der Waals surface area contributed by atoms with Crippen LogP contribution < -0.4 is 9.47 Å². The third-order valence-electron chi connectivity index (χ3n) is 3.27. The molecule has 2 aromatic carbocycles. The third-order valence-corrected chi connectivity index (χ3v) is 4.62. The average Bonchev–Trinajstić information content (AvgIpc) is 2.49. The second-order valence-corrected chi connectivity index (χ2v) is 7.55. The molecule has 0 bridgehead atoms. The number of methoxy groups -OCH3 is 1. The summed E-state index contributed by atoms with van der Waals surface area (Å²) >= 11 is 0. The van der Waals surface area contributed by atoms with Crippen molar-refractivity contribution in [2.45, 2.75) is 18.7 Å².